The summed E-state index contributed by atoms with van der Waals surface area (Å²) >= 11 is 5.82. The summed E-state index contributed by atoms with van der Waals surface area (Å²) in [7, 11) is 0. The van der Waals surface area contributed by atoms with E-state index < -0.39 is 0 Å². The molecule has 3 nitrogen and oxygen atoms in total. The SMILES string of the molecule is CC1C=c2c(n(-c3nc(-c4ccccc4)nc4ccccc34)c3c2cc(Br)c2c4ccccc4sc23)=CC1. The number of halogens is 1. The first-order chi connectivity index (χ1) is 18.7. The molecular formula is C33H22BrN3S. The zero-order valence-corrected chi connectivity index (χ0v) is 23.1. The largest absolute Gasteiger partial charge is 0.292 e. The van der Waals surface area contributed by atoms with E-state index in [1.54, 1.807) is 0 Å². The lowest BCUT2D eigenvalue weighted by Gasteiger charge is -2.13. The van der Waals surface area contributed by atoms with Crippen molar-refractivity contribution in [3.8, 4) is 17.2 Å². The van der Waals surface area contributed by atoms with Crippen molar-refractivity contribution in [1.29, 1.82) is 0 Å². The van der Waals surface area contributed by atoms with E-state index in [1.807, 2.05) is 29.5 Å². The highest BCUT2D eigenvalue weighted by Gasteiger charge is 2.22. The molecule has 3 aromatic heterocycles. The van der Waals surface area contributed by atoms with Crippen LogP contribution in [0, 0.1) is 5.92 Å². The third kappa shape index (κ3) is 3.19. The van der Waals surface area contributed by atoms with Crippen LogP contribution >= 0.6 is 27.3 Å². The molecule has 5 heteroatoms. The van der Waals surface area contributed by atoms with Gasteiger partial charge >= 0.3 is 0 Å². The highest BCUT2D eigenvalue weighted by Crippen LogP contribution is 2.42. The topological polar surface area (TPSA) is 30.7 Å². The number of fused-ring (bicyclic) bond motifs is 8. The van der Waals surface area contributed by atoms with Gasteiger partial charge in [-0.25, -0.2) is 9.97 Å². The average Bonchev–Trinajstić information content (AvgIpc) is 3.49. The van der Waals surface area contributed by atoms with Crippen LogP contribution in [0.25, 0.3) is 71.3 Å². The highest BCUT2D eigenvalue weighted by molar-refractivity contribution is 9.10. The molecule has 0 amide bonds. The number of benzene rings is 4. The van der Waals surface area contributed by atoms with Crippen molar-refractivity contribution >= 4 is 81.4 Å². The van der Waals surface area contributed by atoms with Crippen molar-refractivity contribution in [2.24, 2.45) is 5.92 Å². The molecule has 0 N–H and O–H groups in total. The number of nitrogens with zero attached hydrogens (tertiary/aromatic N) is 3. The molecule has 8 rings (SSSR count). The van der Waals surface area contributed by atoms with Crippen LogP contribution in [0.3, 0.4) is 0 Å². The van der Waals surface area contributed by atoms with Gasteiger partial charge in [-0.3, -0.25) is 4.57 Å². The second-order valence-electron chi connectivity index (χ2n) is 10.0. The van der Waals surface area contributed by atoms with E-state index in [2.05, 4.69) is 106 Å². The zero-order valence-electron chi connectivity index (χ0n) is 20.6. The molecule has 0 aliphatic heterocycles. The number of rotatable bonds is 2. The smallest absolute Gasteiger partial charge is 0.162 e. The standard InChI is InChI=1S/C33H22BrN3S/c1-19-15-16-27-23(17-19)24-18-25(34)29-22-12-6-8-14-28(22)38-31(29)30(24)37(27)33-21-11-5-7-13-26(21)35-32(36-33)20-9-3-2-4-10-20/h2-14,16-19H,15H2,1H3. The molecule has 1 atom stereocenters. The van der Waals surface area contributed by atoms with Gasteiger partial charge in [0.05, 0.1) is 21.1 Å². The van der Waals surface area contributed by atoms with Crippen molar-refractivity contribution in [1.82, 2.24) is 14.5 Å². The quantitative estimate of drug-likeness (QED) is 0.210. The number of thiophene rings is 1. The molecule has 1 aliphatic carbocycles. The maximum atomic E-state index is 5.28. The fraction of sp³-hybridized carbons (Fsp3) is 0.0909. The highest BCUT2D eigenvalue weighted by atomic mass is 79.9. The lowest BCUT2D eigenvalue weighted by Crippen LogP contribution is -2.32. The summed E-state index contributed by atoms with van der Waals surface area (Å²) in [5, 5.41) is 7.38. The molecule has 38 heavy (non-hydrogen) atoms. The fourth-order valence-corrected chi connectivity index (χ4v) is 7.88. The first-order valence-corrected chi connectivity index (χ1v) is 14.5. The van der Waals surface area contributed by atoms with Crippen molar-refractivity contribution < 1.29 is 0 Å². The summed E-state index contributed by atoms with van der Waals surface area (Å²) < 4.78 is 6.12. The van der Waals surface area contributed by atoms with Gasteiger partial charge in [0, 0.05) is 41.5 Å². The molecule has 0 spiro atoms. The Kier molecular flexibility index (Phi) is 4.88. The van der Waals surface area contributed by atoms with E-state index in [-0.39, 0.29) is 0 Å². The third-order valence-electron chi connectivity index (χ3n) is 7.57. The molecule has 0 radical (unpaired) electrons. The Morgan fingerprint density at radius 2 is 1.63 bits per heavy atom. The molecule has 1 unspecified atom stereocenters. The molecule has 1 aliphatic rings. The van der Waals surface area contributed by atoms with Gasteiger partial charge in [-0.2, -0.15) is 0 Å². The molecule has 3 heterocycles. The molecule has 0 fully saturated rings. The van der Waals surface area contributed by atoms with Gasteiger partial charge in [0.15, 0.2) is 5.82 Å². The van der Waals surface area contributed by atoms with Crippen LogP contribution in [0.5, 0.6) is 0 Å². The second-order valence-corrected chi connectivity index (χ2v) is 11.9. The maximum Gasteiger partial charge on any atom is 0.162 e. The first kappa shape index (κ1) is 22.2. The predicted molar refractivity (Wildman–Crippen MR) is 164 cm³/mol. The molecule has 0 bridgehead atoms. The summed E-state index contributed by atoms with van der Waals surface area (Å²) in [5.41, 5.74) is 3.19. The molecule has 182 valence electrons. The molecule has 4 aromatic carbocycles. The summed E-state index contributed by atoms with van der Waals surface area (Å²) in [4.78, 5) is 10.3. The second kappa shape index (κ2) is 8.35. The molecular weight excluding hydrogens is 550 g/mol. The van der Waals surface area contributed by atoms with Gasteiger partial charge in [0.2, 0.25) is 0 Å². The first-order valence-electron chi connectivity index (χ1n) is 12.9. The van der Waals surface area contributed by atoms with Crippen molar-refractivity contribution in [3.05, 3.63) is 100.0 Å². The number of hydrogen-bond acceptors (Lipinski definition) is 3. The van der Waals surface area contributed by atoms with Gasteiger partial charge in [-0.05, 0) is 36.6 Å². The van der Waals surface area contributed by atoms with Crippen molar-refractivity contribution in [3.63, 3.8) is 0 Å². The zero-order chi connectivity index (χ0) is 25.4. The van der Waals surface area contributed by atoms with Crippen LogP contribution in [-0.4, -0.2) is 14.5 Å². The summed E-state index contributed by atoms with van der Waals surface area (Å²) in [6.45, 7) is 2.29. The van der Waals surface area contributed by atoms with Crippen LogP contribution in [0.2, 0.25) is 0 Å². The van der Waals surface area contributed by atoms with Gasteiger partial charge < -0.3 is 0 Å². The Morgan fingerprint density at radius 3 is 2.50 bits per heavy atom. The maximum absolute atomic E-state index is 5.28. The monoisotopic (exact) mass is 571 g/mol. The number of para-hydroxylation sites is 1. The minimum atomic E-state index is 0.487. The Morgan fingerprint density at radius 1 is 0.868 bits per heavy atom. The van der Waals surface area contributed by atoms with Crippen LogP contribution in [0.15, 0.2) is 89.4 Å². The van der Waals surface area contributed by atoms with Gasteiger partial charge in [0.25, 0.3) is 0 Å². The van der Waals surface area contributed by atoms with Crippen LogP contribution in [0.1, 0.15) is 13.3 Å². The minimum Gasteiger partial charge on any atom is -0.292 e. The van der Waals surface area contributed by atoms with E-state index in [4.69, 9.17) is 9.97 Å². The minimum absolute atomic E-state index is 0.487. The van der Waals surface area contributed by atoms with E-state index in [0.717, 1.165) is 39.0 Å². The summed E-state index contributed by atoms with van der Waals surface area (Å²) in [5.74, 6) is 2.16. The van der Waals surface area contributed by atoms with Gasteiger partial charge in [-0.15, -0.1) is 11.3 Å². The Labute approximate surface area is 231 Å². The summed E-state index contributed by atoms with van der Waals surface area (Å²) in [6.07, 6.45) is 5.84. The predicted octanol–water partition coefficient (Wildman–Crippen LogP) is 7.97. The molecule has 0 saturated carbocycles. The van der Waals surface area contributed by atoms with Gasteiger partial charge in [-0.1, -0.05) is 95.7 Å². The lowest BCUT2D eigenvalue weighted by atomic mass is 10.0. The fourth-order valence-electron chi connectivity index (χ4n) is 5.84. The molecule has 0 saturated heterocycles. The van der Waals surface area contributed by atoms with Crippen LogP contribution in [-0.2, 0) is 0 Å². The lowest BCUT2D eigenvalue weighted by molar-refractivity contribution is 0.794. The van der Waals surface area contributed by atoms with Crippen LogP contribution < -0.4 is 10.6 Å². The van der Waals surface area contributed by atoms with E-state index in [0.29, 0.717) is 5.92 Å². The van der Waals surface area contributed by atoms with E-state index in [1.165, 1.54) is 41.6 Å². The van der Waals surface area contributed by atoms with Gasteiger partial charge in [0.1, 0.15) is 5.82 Å². The average molecular weight is 573 g/mol. The number of aromatic nitrogens is 3. The van der Waals surface area contributed by atoms with Crippen molar-refractivity contribution in [2.75, 3.05) is 0 Å². The van der Waals surface area contributed by atoms with E-state index in [9.17, 15) is 0 Å². The Bertz CT molecular complexity index is 2190. The molecule has 7 aromatic rings. The Hall–Kier alpha value is -3.80. The third-order valence-corrected chi connectivity index (χ3v) is 9.37. The van der Waals surface area contributed by atoms with Crippen LogP contribution in [0.4, 0.5) is 0 Å². The number of hydrogen-bond donors (Lipinski definition) is 0. The Balaban J connectivity index is 1.61. The van der Waals surface area contributed by atoms with E-state index >= 15 is 0 Å². The summed E-state index contributed by atoms with van der Waals surface area (Å²) in [6, 6.07) is 29.7. The van der Waals surface area contributed by atoms with Crippen molar-refractivity contribution in [2.45, 2.75) is 13.3 Å². The normalized spacial score (nSPS) is 15.2.